The molecule has 1 fully saturated rings. The van der Waals surface area contributed by atoms with E-state index in [0.717, 1.165) is 5.69 Å². The summed E-state index contributed by atoms with van der Waals surface area (Å²) in [6, 6.07) is 2.24. The molecule has 0 amide bonds. The van der Waals surface area contributed by atoms with Crippen molar-refractivity contribution in [2.24, 2.45) is 11.7 Å². The second kappa shape index (κ2) is 5.51. The van der Waals surface area contributed by atoms with Gasteiger partial charge in [0.05, 0.1) is 10.7 Å². The van der Waals surface area contributed by atoms with Crippen molar-refractivity contribution < 1.29 is 0 Å². The second-order valence-corrected chi connectivity index (χ2v) is 4.79. The topological polar surface area (TPSA) is 50.9 Å². The lowest BCUT2D eigenvalue weighted by Crippen LogP contribution is -2.35. The monoisotopic (exact) mass is 239 g/mol. The average Bonchev–Trinajstić information content (AvgIpc) is 2.81. The number of aromatic nitrogens is 1. The van der Waals surface area contributed by atoms with Crippen LogP contribution in [0, 0.1) is 5.92 Å². The molecule has 0 spiro atoms. The van der Waals surface area contributed by atoms with Crippen molar-refractivity contribution in [3.8, 4) is 0 Å². The van der Waals surface area contributed by atoms with E-state index >= 15 is 0 Å². The third kappa shape index (κ3) is 2.66. The molecule has 2 rings (SSSR count). The van der Waals surface area contributed by atoms with Gasteiger partial charge in [-0.1, -0.05) is 24.4 Å². The number of nitrogens with zero attached hydrogens (tertiary/aromatic N) is 1. The number of nitrogens with two attached hydrogens (primary N) is 1. The van der Waals surface area contributed by atoms with Crippen molar-refractivity contribution in [3.63, 3.8) is 0 Å². The summed E-state index contributed by atoms with van der Waals surface area (Å²) in [7, 11) is 0. The lowest BCUT2D eigenvalue weighted by molar-refractivity contribution is 0.462. The number of hydrogen-bond donors (Lipinski definition) is 2. The first-order valence-electron chi connectivity index (χ1n) is 5.87. The van der Waals surface area contributed by atoms with E-state index in [1.807, 2.05) is 6.07 Å². The van der Waals surface area contributed by atoms with Gasteiger partial charge in [-0.3, -0.25) is 4.98 Å². The zero-order chi connectivity index (χ0) is 11.4. The fourth-order valence-corrected chi connectivity index (χ4v) is 2.59. The molecular formula is C12H18ClN3. The van der Waals surface area contributed by atoms with E-state index in [1.54, 1.807) is 12.4 Å². The summed E-state index contributed by atoms with van der Waals surface area (Å²) in [4.78, 5) is 3.97. The number of hydrogen-bond acceptors (Lipinski definition) is 3. The third-order valence-corrected chi connectivity index (χ3v) is 3.64. The van der Waals surface area contributed by atoms with Crippen LogP contribution < -0.4 is 11.1 Å². The molecule has 1 saturated carbocycles. The highest BCUT2D eigenvalue weighted by Gasteiger charge is 2.24. The fraction of sp³-hybridized carbons (Fsp3) is 0.583. The lowest BCUT2D eigenvalue weighted by Gasteiger charge is -2.24. The molecule has 1 aliphatic carbocycles. The predicted molar refractivity (Wildman–Crippen MR) is 67.7 cm³/mol. The number of anilines is 1. The average molecular weight is 240 g/mol. The van der Waals surface area contributed by atoms with Crippen LogP contribution in [-0.2, 0) is 0 Å². The van der Waals surface area contributed by atoms with Crippen LogP contribution in [0.1, 0.15) is 25.7 Å². The van der Waals surface area contributed by atoms with Crippen LogP contribution in [0.25, 0.3) is 0 Å². The molecule has 0 aromatic carbocycles. The third-order valence-electron chi connectivity index (χ3n) is 3.34. The largest absolute Gasteiger partial charge is 0.379 e. The molecule has 1 aliphatic rings. The Kier molecular flexibility index (Phi) is 4.02. The van der Waals surface area contributed by atoms with Gasteiger partial charge in [0.25, 0.3) is 0 Å². The molecule has 1 heterocycles. The molecule has 0 radical (unpaired) electrons. The van der Waals surface area contributed by atoms with E-state index in [4.69, 9.17) is 17.3 Å². The van der Waals surface area contributed by atoms with Gasteiger partial charge in [0, 0.05) is 25.0 Å². The summed E-state index contributed by atoms with van der Waals surface area (Å²) in [5.74, 6) is 0.689. The van der Waals surface area contributed by atoms with Crippen LogP contribution in [0.2, 0.25) is 5.02 Å². The number of halogens is 1. The minimum absolute atomic E-state index is 0.336. The molecule has 1 atom stereocenters. The van der Waals surface area contributed by atoms with Gasteiger partial charge in [-0.25, -0.2) is 0 Å². The summed E-state index contributed by atoms with van der Waals surface area (Å²) < 4.78 is 0. The molecule has 0 saturated heterocycles. The Balaban J connectivity index is 2.03. The van der Waals surface area contributed by atoms with Crippen molar-refractivity contribution in [2.45, 2.75) is 31.7 Å². The molecule has 0 aliphatic heterocycles. The van der Waals surface area contributed by atoms with Crippen LogP contribution in [0.5, 0.6) is 0 Å². The first-order chi connectivity index (χ1) is 7.81. The molecule has 16 heavy (non-hydrogen) atoms. The van der Waals surface area contributed by atoms with Gasteiger partial charge >= 0.3 is 0 Å². The highest BCUT2D eigenvalue weighted by Crippen LogP contribution is 2.30. The number of nitrogens with one attached hydrogen (secondary N) is 1. The van der Waals surface area contributed by atoms with Crippen molar-refractivity contribution in [2.75, 3.05) is 11.9 Å². The fourth-order valence-electron chi connectivity index (χ4n) is 2.42. The van der Waals surface area contributed by atoms with E-state index in [2.05, 4.69) is 10.3 Å². The van der Waals surface area contributed by atoms with E-state index < -0.39 is 0 Å². The van der Waals surface area contributed by atoms with Gasteiger partial charge in [-0.2, -0.15) is 0 Å². The normalized spacial score (nSPS) is 18.6. The Morgan fingerprint density at radius 2 is 2.25 bits per heavy atom. The maximum absolute atomic E-state index is 6.07. The minimum Gasteiger partial charge on any atom is -0.379 e. The van der Waals surface area contributed by atoms with Gasteiger partial charge in [0.1, 0.15) is 0 Å². The summed E-state index contributed by atoms with van der Waals surface area (Å²) in [5, 5.41) is 4.11. The first-order valence-corrected chi connectivity index (χ1v) is 6.25. The molecule has 88 valence electrons. The van der Waals surface area contributed by atoms with Crippen LogP contribution in [0.3, 0.4) is 0 Å². The molecule has 1 unspecified atom stereocenters. The quantitative estimate of drug-likeness (QED) is 0.850. The summed E-state index contributed by atoms with van der Waals surface area (Å²) in [6.07, 6.45) is 8.61. The zero-order valence-corrected chi connectivity index (χ0v) is 10.1. The van der Waals surface area contributed by atoms with Crippen LogP contribution in [0.15, 0.2) is 18.5 Å². The van der Waals surface area contributed by atoms with Crippen molar-refractivity contribution >= 4 is 17.3 Å². The second-order valence-electron chi connectivity index (χ2n) is 4.39. The van der Waals surface area contributed by atoms with Gasteiger partial charge < -0.3 is 11.1 Å². The van der Waals surface area contributed by atoms with E-state index in [-0.39, 0.29) is 0 Å². The van der Waals surface area contributed by atoms with Crippen LogP contribution >= 0.6 is 11.6 Å². The van der Waals surface area contributed by atoms with Crippen LogP contribution in [-0.4, -0.2) is 17.6 Å². The highest BCUT2D eigenvalue weighted by atomic mass is 35.5. The van der Waals surface area contributed by atoms with E-state index in [0.29, 0.717) is 23.5 Å². The predicted octanol–water partition coefficient (Wildman–Crippen LogP) is 2.66. The van der Waals surface area contributed by atoms with Crippen molar-refractivity contribution in [1.29, 1.82) is 0 Å². The van der Waals surface area contributed by atoms with Gasteiger partial charge in [0.2, 0.25) is 0 Å². The number of rotatable bonds is 4. The Bertz CT molecular complexity index is 337. The van der Waals surface area contributed by atoms with Gasteiger partial charge in [-0.15, -0.1) is 0 Å². The zero-order valence-electron chi connectivity index (χ0n) is 9.32. The smallest absolute Gasteiger partial charge is 0.0820 e. The Labute approximate surface area is 101 Å². The lowest BCUT2D eigenvalue weighted by atomic mass is 9.98. The van der Waals surface area contributed by atoms with Crippen molar-refractivity contribution in [1.82, 2.24) is 4.98 Å². The maximum Gasteiger partial charge on any atom is 0.0820 e. The standard InChI is InChI=1S/C12H18ClN3/c13-10-8-15-6-5-11(10)16-12(7-14)9-3-1-2-4-9/h5-6,8-9,12H,1-4,7,14H2,(H,15,16). The van der Waals surface area contributed by atoms with Crippen molar-refractivity contribution in [3.05, 3.63) is 23.5 Å². The molecule has 3 nitrogen and oxygen atoms in total. The van der Waals surface area contributed by atoms with Crippen LogP contribution in [0.4, 0.5) is 5.69 Å². The van der Waals surface area contributed by atoms with Gasteiger partial charge in [-0.05, 0) is 24.8 Å². The molecule has 0 bridgehead atoms. The number of pyridine rings is 1. The Morgan fingerprint density at radius 3 is 2.88 bits per heavy atom. The van der Waals surface area contributed by atoms with E-state index in [1.165, 1.54) is 25.7 Å². The Hall–Kier alpha value is -0.800. The SMILES string of the molecule is NCC(Nc1ccncc1Cl)C1CCCC1. The molecule has 3 N–H and O–H groups in total. The summed E-state index contributed by atoms with van der Waals surface area (Å²) in [5.41, 5.74) is 6.77. The summed E-state index contributed by atoms with van der Waals surface area (Å²) in [6.45, 7) is 0.656. The minimum atomic E-state index is 0.336. The van der Waals surface area contributed by atoms with Gasteiger partial charge in [0.15, 0.2) is 0 Å². The first kappa shape index (κ1) is 11.7. The molecule has 1 aromatic heterocycles. The molecule has 1 aromatic rings. The molecular weight excluding hydrogens is 222 g/mol. The highest BCUT2D eigenvalue weighted by molar-refractivity contribution is 6.33. The molecule has 4 heteroatoms. The van der Waals surface area contributed by atoms with E-state index in [9.17, 15) is 0 Å². The summed E-state index contributed by atoms with van der Waals surface area (Å²) >= 11 is 6.07. The maximum atomic E-state index is 6.07. The Morgan fingerprint density at radius 1 is 1.50 bits per heavy atom.